The van der Waals surface area contributed by atoms with Gasteiger partial charge in [0.05, 0.1) is 39.8 Å². The Balaban J connectivity index is 1.42. The molecule has 0 radical (unpaired) electrons. The molecule has 1 saturated heterocycles. The molecule has 6 heterocycles. The van der Waals surface area contributed by atoms with Gasteiger partial charge in [0.15, 0.2) is 5.65 Å². The van der Waals surface area contributed by atoms with E-state index in [9.17, 15) is 18.0 Å². The SMILES string of the molecule is Cc1cn[nH]c1-c1cc(C2(c3nncn3C)CC(C)C2)cc(-c2cnc3c(C(F)(F)F)cc(CN4CCC[C@H](C)C4)cn3c2=O)n1. The molecule has 240 valence electrons. The van der Waals surface area contributed by atoms with Crippen molar-refractivity contribution in [3.05, 3.63) is 81.5 Å². The highest BCUT2D eigenvalue weighted by molar-refractivity contribution is 5.68. The van der Waals surface area contributed by atoms with Crippen molar-refractivity contribution in [2.24, 2.45) is 18.9 Å². The molecule has 10 nitrogen and oxygen atoms in total. The lowest BCUT2D eigenvalue weighted by Gasteiger charge is -2.46. The fourth-order valence-corrected chi connectivity index (χ4v) is 7.47. The van der Waals surface area contributed by atoms with Crippen LogP contribution < -0.4 is 5.56 Å². The first-order valence-electron chi connectivity index (χ1n) is 15.6. The molecule has 0 spiro atoms. The van der Waals surface area contributed by atoms with Crippen LogP contribution in [-0.4, -0.2) is 57.3 Å². The van der Waals surface area contributed by atoms with Crippen LogP contribution in [0.3, 0.4) is 0 Å². The summed E-state index contributed by atoms with van der Waals surface area (Å²) in [6.45, 7) is 8.14. The minimum Gasteiger partial charge on any atom is -0.320 e. The summed E-state index contributed by atoms with van der Waals surface area (Å²) in [6.07, 6.45) is 5.10. The summed E-state index contributed by atoms with van der Waals surface area (Å²) in [4.78, 5) is 25.5. The molecule has 1 saturated carbocycles. The van der Waals surface area contributed by atoms with Crippen LogP contribution in [0.4, 0.5) is 13.2 Å². The second-order valence-corrected chi connectivity index (χ2v) is 13.3. The number of piperidine rings is 1. The standard InChI is InChI=1S/C33H36F3N9O/c1-19-6-5-7-44(15-19)16-22-8-25(33(34,35)36)29-37-14-24(30(46)45(29)17-22)26-9-23(10-27(40-26)28-21(3)13-38-41-28)32(11-20(2)12-32)31-42-39-18-43(31)4/h8-10,13-14,17-20H,5-7,11-12,15-16H2,1-4H3,(H,38,41)/t19-,20?,32?/m0/s1. The number of nitrogens with one attached hydrogen (secondary N) is 1. The molecule has 0 amide bonds. The summed E-state index contributed by atoms with van der Waals surface area (Å²) in [7, 11) is 1.90. The number of aromatic nitrogens is 8. The molecule has 0 unspecified atom stereocenters. The second kappa shape index (κ2) is 11.1. The molecule has 0 aromatic carbocycles. The van der Waals surface area contributed by atoms with Crippen molar-refractivity contribution in [3.8, 4) is 22.6 Å². The van der Waals surface area contributed by atoms with Gasteiger partial charge in [0.1, 0.15) is 12.2 Å². The first-order valence-corrected chi connectivity index (χ1v) is 15.6. The van der Waals surface area contributed by atoms with E-state index in [-0.39, 0.29) is 5.56 Å². The van der Waals surface area contributed by atoms with E-state index in [1.165, 1.54) is 12.4 Å². The van der Waals surface area contributed by atoms with E-state index in [0.717, 1.165) is 66.2 Å². The molecule has 0 bridgehead atoms. The average molecular weight is 632 g/mol. The normalized spacial score (nSPS) is 22.3. The van der Waals surface area contributed by atoms with E-state index >= 15 is 0 Å². The van der Waals surface area contributed by atoms with Crippen molar-refractivity contribution in [1.82, 2.24) is 44.2 Å². The Morgan fingerprint density at radius 3 is 2.52 bits per heavy atom. The number of halogens is 3. The number of hydrogen-bond acceptors (Lipinski definition) is 7. The van der Waals surface area contributed by atoms with Gasteiger partial charge in [-0.3, -0.25) is 19.2 Å². The van der Waals surface area contributed by atoms with Crippen LogP contribution in [-0.2, 0) is 25.2 Å². The van der Waals surface area contributed by atoms with Crippen molar-refractivity contribution < 1.29 is 13.2 Å². The molecular weight excluding hydrogens is 595 g/mol. The van der Waals surface area contributed by atoms with Crippen molar-refractivity contribution in [1.29, 1.82) is 0 Å². The van der Waals surface area contributed by atoms with Gasteiger partial charge in [-0.25, -0.2) is 9.97 Å². The van der Waals surface area contributed by atoms with Crippen molar-refractivity contribution in [2.75, 3.05) is 13.1 Å². The van der Waals surface area contributed by atoms with Gasteiger partial charge in [-0.15, -0.1) is 10.2 Å². The fourth-order valence-electron chi connectivity index (χ4n) is 7.47. The monoisotopic (exact) mass is 631 g/mol. The number of H-pyrrole nitrogens is 1. The summed E-state index contributed by atoms with van der Waals surface area (Å²) in [5, 5.41) is 15.8. The smallest absolute Gasteiger partial charge is 0.320 e. The zero-order chi connectivity index (χ0) is 32.4. The van der Waals surface area contributed by atoms with E-state index in [1.807, 2.05) is 30.7 Å². The first-order chi connectivity index (χ1) is 21.9. The lowest BCUT2D eigenvalue weighted by molar-refractivity contribution is -0.136. The van der Waals surface area contributed by atoms with Gasteiger partial charge in [0, 0.05) is 32.5 Å². The van der Waals surface area contributed by atoms with Crippen LogP contribution in [0.15, 0.2) is 47.9 Å². The molecular formula is C33H36F3N9O. The summed E-state index contributed by atoms with van der Waals surface area (Å²) >= 11 is 0. The Kier molecular flexibility index (Phi) is 7.33. The largest absolute Gasteiger partial charge is 0.419 e. The highest BCUT2D eigenvalue weighted by Crippen LogP contribution is 2.52. The van der Waals surface area contributed by atoms with Gasteiger partial charge >= 0.3 is 6.18 Å². The molecule has 1 atom stereocenters. The van der Waals surface area contributed by atoms with Crippen LogP contribution >= 0.6 is 0 Å². The third-order valence-electron chi connectivity index (χ3n) is 9.58. The first kappa shape index (κ1) is 30.3. The minimum atomic E-state index is -4.69. The summed E-state index contributed by atoms with van der Waals surface area (Å²) < 4.78 is 46.0. The molecule has 13 heteroatoms. The van der Waals surface area contributed by atoms with Crippen molar-refractivity contribution in [2.45, 2.75) is 64.6 Å². The Hall–Kier alpha value is -4.39. The number of fused-ring (bicyclic) bond motifs is 1. The lowest BCUT2D eigenvalue weighted by atomic mass is 9.58. The Morgan fingerprint density at radius 1 is 1.09 bits per heavy atom. The topological polar surface area (TPSA) is 110 Å². The Labute approximate surface area is 263 Å². The van der Waals surface area contributed by atoms with E-state index in [1.54, 1.807) is 12.5 Å². The Bertz CT molecular complexity index is 1990. The maximum absolute atomic E-state index is 14.4. The van der Waals surface area contributed by atoms with E-state index in [4.69, 9.17) is 4.98 Å². The van der Waals surface area contributed by atoms with Gasteiger partial charge < -0.3 is 4.57 Å². The molecule has 1 N–H and O–H groups in total. The van der Waals surface area contributed by atoms with Gasteiger partial charge in [-0.1, -0.05) is 13.8 Å². The molecule has 1 aliphatic carbocycles. The molecule has 5 aromatic rings. The summed E-state index contributed by atoms with van der Waals surface area (Å²) in [5.41, 5.74) is 1.40. The number of alkyl halides is 3. The van der Waals surface area contributed by atoms with Crippen LogP contribution in [0.1, 0.15) is 67.6 Å². The highest BCUT2D eigenvalue weighted by atomic mass is 19.4. The van der Waals surface area contributed by atoms with E-state index < -0.39 is 28.4 Å². The number of aryl methyl sites for hydroxylation is 2. The third-order valence-corrected chi connectivity index (χ3v) is 9.58. The fraction of sp³-hybridized carbons (Fsp3) is 0.455. The quantitative estimate of drug-likeness (QED) is 0.262. The maximum Gasteiger partial charge on any atom is 0.419 e. The van der Waals surface area contributed by atoms with Gasteiger partial charge in [0.2, 0.25) is 0 Å². The maximum atomic E-state index is 14.4. The van der Waals surface area contributed by atoms with Gasteiger partial charge in [-0.2, -0.15) is 18.3 Å². The highest BCUT2D eigenvalue weighted by Gasteiger charge is 2.48. The second-order valence-electron chi connectivity index (χ2n) is 13.3. The zero-order valence-corrected chi connectivity index (χ0v) is 26.3. The van der Waals surface area contributed by atoms with E-state index in [2.05, 4.69) is 44.1 Å². The van der Waals surface area contributed by atoms with Gasteiger partial charge in [-0.05, 0) is 85.9 Å². The van der Waals surface area contributed by atoms with Gasteiger partial charge in [0.25, 0.3) is 5.56 Å². The van der Waals surface area contributed by atoms with Crippen LogP contribution in [0.25, 0.3) is 28.3 Å². The number of likely N-dealkylation sites (tertiary alicyclic amines) is 1. The van der Waals surface area contributed by atoms with E-state index in [0.29, 0.717) is 41.0 Å². The van der Waals surface area contributed by atoms with Crippen molar-refractivity contribution >= 4 is 5.65 Å². The third kappa shape index (κ3) is 5.20. The van der Waals surface area contributed by atoms with Crippen molar-refractivity contribution in [3.63, 3.8) is 0 Å². The molecule has 7 rings (SSSR count). The molecule has 5 aromatic heterocycles. The predicted molar refractivity (Wildman–Crippen MR) is 166 cm³/mol. The molecule has 46 heavy (non-hydrogen) atoms. The molecule has 2 aliphatic rings. The zero-order valence-electron chi connectivity index (χ0n) is 26.3. The average Bonchev–Trinajstić information content (AvgIpc) is 3.62. The minimum absolute atomic E-state index is 0.107. The lowest BCUT2D eigenvalue weighted by Crippen LogP contribution is -2.43. The van der Waals surface area contributed by atoms with Crippen LogP contribution in [0.5, 0.6) is 0 Å². The number of hydrogen-bond donors (Lipinski definition) is 1. The van der Waals surface area contributed by atoms with Crippen LogP contribution in [0.2, 0.25) is 0 Å². The molecule has 2 fully saturated rings. The Morgan fingerprint density at radius 2 is 1.87 bits per heavy atom. The summed E-state index contributed by atoms with van der Waals surface area (Å²) in [6, 6.07) is 4.96. The predicted octanol–water partition coefficient (Wildman–Crippen LogP) is 5.55. The molecule has 1 aliphatic heterocycles. The number of rotatable bonds is 6. The number of aromatic amines is 1. The number of nitrogens with zero attached hydrogens (tertiary/aromatic N) is 8. The summed E-state index contributed by atoms with van der Waals surface area (Å²) in [5.74, 6) is 1.69. The van der Waals surface area contributed by atoms with Crippen LogP contribution in [0, 0.1) is 18.8 Å². The number of pyridine rings is 2.